The number of fused-ring (bicyclic) bond motifs is 3. The number of hydrogen-bond acceptors (Lipinski definition) is 5. The number of nitrogens with one attached hydrogen (secondary N) is 1. The topological polar surface area (TPSA) is 89.1 Å². The number of carbonyl (C=O) groups excluding carboxylic acids is 1. The van der Waals surface area contributed by atoms with E-state index in [2.05, 4.69) is 37.5 Å². The van der Waals surface area contributed by atoms with Crippen molar-refractivity contribution in [3.05, 3.63) is 29.0 Å². The van der Waals surface area contributed by atoms with Crippen LogP contribution >= 0.6 is 34.2 Å². The fourth-order valence-electron chi connectivity index (χ4n) is 3.50. The van der Waals surface area contributed by atoms with Gasteiger partial charge in [-0.25, -0.2) is 9.97 Å². The van der Waals surface area contributed by atoms with Crippen molar-refractivity contribution in [1.82, 2.24) is 24.8 Å². The number of alkyl halides is 1. The van der Waals surface area contributed by atoms with Crippen molar-refractivity contribution in [2.45, 2.75) is 39.8 Å². The molecule has 0 atom stereocenters. The molecule has 0 spiro atoms. The number of nitrogens with two attached hydrogens (primary N) is 1. The molecular weight excluding hydrogens is 503 g/mol. The van der Waals surface area contributed by atoms with Crippen LogP contribution in [0.1, 0.15) is 32.5 Å². The number of unbranched alkanes of at least 4 members (excludes halogenated alkanes) is 1. The van der Waals surface area contributed by atoms with E-state index in [1.807, 2.05) is 25.1 Å². The third kappa shape index (κ3) is 4.92. The molecule has 156 valence electrons. The van der Waals surface area contributed by atoms with Crippen molar-refractivity contribution in [3.8, 4) is 0 Å². The van der Waals surface area contributed by atoms with Crippen molar-refractivity contribution >= 4 is 67.9 Å². The minimum Gasteiger partial charge on any atom is -0.382 e. The number of anilines is 1. The molecule has 0 saturated carbocycles. The van der Waals surface area contributed by atoms with Gasteiger partial charge >= 0.3 is 0 Å². The molecule has 2 heterocycles. The maximum atomic E-state index is 12.0. The van der Waals surface area contributed by atoms with Gasteiger partial charge in [0.2, 0.25) is 5.91 Å². The minimum atomic E-state index is 0.0279. The third-order valence-corrected chi connectivity index (χ3v) is 5.76. The average Bonchev–Trinajstić information content (AvgIpc) is 3.04. The van der Waals surface area contributed by atoms with E-state index in [0.29, 0.717) is 29.4 Å². The summed E-state index contributed by atoms with van der Waals surface area (Å²) in [4.78, 5) is 23.1. The highest BCUT2D eigenvalue weighted by molar-refractivity contribution is 14.1. The fourth-order valence-corrected chi connectivity index (χ4v) is 4.04. The maximum absolute atomic E-state index is 12.0. The number of pyridine rings is 1. The van der Waals surface area contributed by atoms with Crippen LogP contribution in [0.15, 0.2) is 18.2 Å². The molecule has 0 aliphatic rings. The number of nitrogen functional groups attached to an aromatic ring is 1. The quantitative estimate of drug-likeness (QED) is 0.190. The number of rotatable bonds is 9. The number of aromatic nitrogens is 3. The van der Waals surface area contributed by atoms with Crippen molar-refractivity contribution in [2.75, 3.05) is 23.4 Å². The van der Waals surface area contributed by atoms with Gasteiger partial charge in [-0.05, 0) is 44.5 Å². The first-order valence-electron chi connectivity index (χ1n) is 9.72. The molecule has 7 nitrogen and oxygen atoms in total. The van der Waals surface area contributed by atoms with Gasteiger partial charge in [-0.1, -0.05) is 34.2 Å². The van der Waals surface area contributed by atoms with Crippen LogP contribution in [0.3, 0.4) is 0 Å². The van der Waals surface area contributed by atoms with Crippen LogP contribution in [0.25, 0.3) is 21.9 Å². The molecule has 0 fully saturated rings. The van der Waals surface area contributed by atoms with Crippen LogP contribution in [0.5, 0.6) is 0 Å². The highest BCUT2D eigenvalue weighted by atomic mass is 127. The van der Waals surface area contributed by atoms with Crippen molar-refractivity contribution in [1.29, 1.82) is 0 Å². The predicted octanol–water partition coefficient (Wildman–Crippen LogP) is 3.95. The summed E-state index contributed by atoms with van der Waals surface area (Å²) in [5.41, 5.74) is 8.64. The van der Waals surface area contributed by atoms with Gasteiger partial charge in [0.25, 0.3) is 0 Å². The lowest BCUT2D eigenvalue weighted by Crippen LogP contribution is -2.29. The van der Waals surface area contributed by atoms with Crippen LogP contribution in [-0.4, -0.2) is 43.0 Å². The highest BCUT2D eigenvalue weighted by Gasteiger charge is 2.19. The molecule has 1 aromatic carbocycles. The molecule has 9 heteroatoms. The van der Waals surface area contributed by atoms with Crippen molar-refractivity contribution in [3.63, 3.8) is 0 Å². The fraction of sp³-hybridized carbons (Fsp3) is 0.450. The van der Waals surface area contributed by atoms with Crippen molar-refractivity contribution < 1.29 is 4.79 Å². The molecule has 0 unspecified atom stereocenters. The Labute approximate surface area is 189 Å². The Hall–Kier alpha value is -1.65. The molecule has 2 aromatic heterocycles. The van der Waals surface area contributed by atoms with Gasteiger partial charge in [0.05, 0.1) is 17.6 Å². The Morgan fingerprint density at radius 2 is 2.14 bits per heavy atom. The minimum absolute atomic E-state index is 0.0279. The number of amides is 1. The molecule has 3 rings (SSSR count). The average molecular weight is 529 g/mol. The first-order valence-corrected chi connectivity index (χ1v) is 11.6. The second-order valence-electron chi connectivity index (χ2n) is 6.91. The summed E-state index contributed by atoms with van der Waals surface area (Å²) in [6, 6.07) is 5.65. The summed E-state index contributed by atoms with van der Waals surface area (Å²) in [7, 11) is 0. The second kappa shape index (κ2) is 9.90. The summed E-state index contributed by atoms with van der Waals surface area (Å²) in [6.45, 7) is 6.39. The lowest BCUT2D eigenvalue weighted by Gasteiger charge is -2.19. The van der Waals surface area contributed by atoms with E-state index in [1.54, 1.807) is 11.8 Å². The molecule has 0 aliphatic carbocycles. The van der Waals surface area contributed by atoms with E-state index >= 15 is 0 Å². The van der Waals surface area contributed by atoms with Gasteiger partial charge < -0.3 is 20.5 Å². The van der Waals surface area contributed by atoms with E-state index in [-0.39, 0.29) is 5.91 Å². The Morgan fingerprint density at radius 3 is 2.83 bits per heavy atom. The van der Waals surface area contributed by atoms with Crippen LogP contribution < -0.4 is 11.1 Å². The highest BCUT2D eigenvalue weighted by Crippen LogP contribution is 2.31. The zero-order valence-electron chi connectivity index (χ0n) is 16.7. The van der Waals surface area contributed by atoms with Gasteiger partial charge in [-0.3, -0.25) is 4.79 Å². The van der Waals surface area contributed by atoms with Crippen molar-refractivity contribution in [2.24, 2.45) is 0 Å². The van der Waals surface area contributed by atoms with Gasteiger partial charge in [-0.15, -0.1) is 0 Å². The van der Waals surface area contributed by atoms with E-state index < -0.39 is 0 Å². The lowest BCUT2D eigenvalue weighted by molar-refractivity contribution is -0.129. The van der Waals surface area contributed by atoms with E-state index in [0.717, 1.165) is 52.7 Å². The van der Waals surface area contributed by atoms with Gasteiger partial charge in [0, 0.05) is 35.0 Å². The molecule has 0 radical (unpaired) electrons. The normalized spacial score (nSPS) is 11.4. The summed E-state index contributed by atoms with van der Waals surface area (Å²) in [6.07, 6.45) is 2.04. The zero-order chi connectivity index (χ0) is 21.0. The predicted molar refractivity (Wildman–Crippen MR) is 127 cm³/mol. The Balaban J connectivity index is 2.10. The van der Waals surface area contributed by atoms with Gasteiger partial charge in [0.1, 0.15) is 11.3 Å². The lowest BCUT2D eigenvalue weighted by atomic mass is 10.2. The third-order valence-electron chi connectivity index (χ3n) is 4.98. The summed E-state index contributed by atoms with van der Waals surface area (Å²) in [5.74, 6) is 1.24. The summed E-state index contributed by atoms with van der Waals surface area (Å²) >= 11 is 8.48. The van der Waals surface area contributed by atoms with E-state index in [1.165, 1.54) is 0 Å². The number of halogens is 2. The number of imidazole rings is 1. The van der Waals surface area contributed by atoms with Crippen LogP contribution in [0.2, 0.25) is 5.02 Å². The number of nitrogens with zero attached hydrogens (tertiary/aromatic N) is 4. The number of carbonyl (C=O) groups is 1. The van der Waals surface area contributed by atoms with E-state index in [9.17, 15) is 4.79 Å². The Kier molecular flexibility index (Phi) is 7.53. The van der Waals surface area contributed by atoms with Gasteiger partial charge in [-0.2, -0.15) is 0 Å². The first-order chi connectivity index (χ1) is 14.0. The van der Waals surface area contributed by atoms with Crippen LogP contribution in [0, 0.1) is 0 Å². The molecule has 3 aromatic rings. The van der Waals surface area contributed by atoms with Gasteiger partial charge in [0.15, 0.2) is 5.82 Å². The standard InChI is InChI=1S/C20H26ClIN6O/c1-3-27(13(2)29)11-17-26-18-19(28(17)9-5-4-8-24-12-22)15-7-6-14(21)10-16(15)25-20(18)23/h6-7,10,24H,3-5,8-9,11-12H2,1-2H3,(H2,23,25). The monoisotopic (exact) mass is 528 g/mol. The molecule has 3 N–H and O–H groups in total. The van der Waals surface area contributed by atoms with Crippen LogP contribution in [-0.2, 0) is 17.9 Å². The first kappa shape index (κ1) is 22.0. The largest absolute Gasteiger partial charge is 0.382 e. The van der Waals surface area contributed by atoms with E-state index in [4.69, 9.17) is 22.3 Å². The summed E-state index contributed by atoms with van der Waals surface area (Å²) < 4.78 is 3.13. The number of benzene rings is 1. The molecule has 29 heavy (non-hydrogen) atoms. The second-order valence-corrected chi connectivity index (χ2v) is 8.11. The Bertz CT molecular complexity index is 1020. The molecular formula is C20H26ClIN6O. The summed E-state index contributed by atoms with van der Waals surface area (Å²) in [5, 5.41) is 4.93. The maximum Gasteiger partial charge on any atom is 0.219 e. The molecule has 0 saturated heterocycles. The Morgan fingerprint density at radius 1 is 1.34 bits per heavy atom. The molecule has 0 bridgehead atoms. The smallest absolute Gasteiger partial charge is 0.219 e. The number of aryl methyl sites for hydroxylation is 1. The number of hydrogen-bond donors (Lipinski definition) is 2. The zero-order valence-corrected chi connectivity index (χ0v) is 19.6. The molecule has 0 aliphatic heterocycles. The molecule has 1 amide bonds. The SMILES string of the molecule is CCN(Cc1nc2c(N)nc3cc(Cl)ccc3c2n1CCCCNCI)C(C)=O. The van der Waals surface area contributed by atoms with Crippen LogP contribution in [0.4, 0.5) is 5.82 Å².